The van der Waals surface area contributed by atoms with Gasteiger partial charge in [0.1, 0.15) is 5.69 Å². The van der Waals surface area contributed by atoms with Crippen molar-refractivity contribution in [3.8, 4) is 0 Å². The lowest BCUT2D eigenvalue weighted by Gasteiger charge is -2.24. The van der Waals surface area contributed by atoms with Gasteiger partial charge in [-0.25, -0.2) is 9.78 Å². The summed E-state index contributed by atoms with van der Waals surface area (Å²) in [6.45, 7) is 5.83. The fourth-order valence-electron chi connectivity index (χ4n) is 1.87. The van der Waals surface area contributed by atoms with Crippen LogP contribution in [-0.4, -0.2) is 34.3 Å². The zero-order valence-electron chi connectivity index (χ0n) is 11.5. The van der Waals surface area contributed by atoms with Gasteiger partial charge in [0.2, 0.25) is 0 Å². The van der Waals surface area contributed by atoms with E-state index in [2.05, 4.69) is 24.1 Å². The van der Waals surface area contributed by atoms with E-state index in [1.165, 1.54) is 6.07 Å². The molecular weight excluding hydrogens is 244 g/mol. The molecule has 106 valence electrons. The molecule has 0 saturated carbocycles. The van der Waals surface area contributed by atoms with Gasteiger partial charge in [0.25, 0.3) is 0 Å². The molecule has 5 nitrogen and oxygen atoms in total. The number of aliphatic hydroxyl groups is 1. The van der Waals surface area contributed by atoms with Crippen molar-refractivity contribution in [1.29, 1.82) is 0 Å². The van der Waals surface area contributed by atoms with E-state index < -0.39 is 5.97 Å². The van der Waals surface area contributed by atoms with Crippen LogP contribution in [0.4, 0.5) is 0 Å². The smallest absolute Gasteiger partial charge is 0.354 e. The molecule has 1 aromatic heterocycles. The quantitative estimate of drug-likeness (QED) is 0.666. The van der Waals surface area contributed by atoms with Crippen molar-refractivity contribution in [1.82, 2.24) is 10.3 Å². The number of hydrogen-bond donors (Lipinski definition) is 3. The number of nitrogens with zero attached hydrogens (tertiary/aromatic N) is 1. The van der Waals surface area contributed by atoms with E-state index in [9.17, 15) is 4.79 Å². The van der Waals surface area contributed by atoms with E-state index in [0.717, 1.165) is 25.1 Å². The topological polar surface area (TPSA) is 82.5 Å². The Labute approximate surface area is 113 Å². The Kier molecular flexibility index (Phi) is 5.92. The lowest BCUT2D eigenvalue weighted by molar-refractivity contribution is 0.0690. The van der Waals surface area contributed by atoms with Crippen LogP contribution in [0.5, 0.6) is 0 Å². The number of aromatic carboxylic acids is 1. The third-order valence-electron chi connectivity index (χ3n) is 2.95. The van der Waals surface area contributed by atoms with Gasteiger partial charge < -0.3 is 15.5 Å². The lowest BCUT2D eigenvalue weighted by atomic mass is 9.88. The number of hydrogen-bond acceptors (Lipinski definition) is 4. The highest BCUT2D eigenvalue weighted by atomic mass is 16.4. The van der Waals surface area contributed by atoms with Crippen molar-refractivity contribution >= 4 is 5.97 Å². The SMILES string of the molecule is CC(C)(CCCO)CNCc1cccc(C(=O)O)n1. The summed E-state index contributed by atoms with van der Waals surface area (Å²) in [5.74, 6) is -1.01. The highest BCUT2D eigenvalue weighted by molar-refractivity contribution is 5.85. The molecule has 0 aliphatic heterocycles. The molecule has 0 atom stereocenters. The maximum absolute atomic E-state index is 10.8. The third-order valence-corrected chi connectivity index (χ3v) is 2.95. The van der Waals surface area contributed by atoms with Crippen molar-refractivity contribution in [2.75, 3.05) is 13.2 Å². The minimum atomic E-state index is -1.01. The molecule has 1 heterocycles. The average Bonchev–Trinajstić information content (AvgIpc) is 2.36. The zero-order valence-corrected chi connectivity index (χ0v) is 11.5. The van der Waals surface area contributed by atoms with Crippen molar-refractivity contribution in [3.63, 3.8) is 0 Å². The first-order valence-electron chi connectivity index (χ1n) is 6.45. The van der Waals surface area contributed by atoms with E-state index in [1.54, 1.807) is 12.1 Å². The van der Waals surface area contributed by atoms with Gasteiger partial charge in [0.15, 0.2) is 0 Å². The van der Waals surface area contributed by atoms with Crippen LogP contribution in [0.25, 0.3) is 0 Å². The van der Waals surface area contributed by atoms with Gasteiger partial charge in [-0.15, -0.1) is 0 Å². The van der Waals surface area contributed by atoms with Crippen molar-refractivity contribution in [2.24, 2.45) is 5.41 Å². The second-order valence-electron chi connectivity index (χ2n) is 5.41. The van der Waals surface area contributed by atoms with Crippen LogP contribution >= 0.6 is 0 Å². The number of aliphatic hydroxyl groups excluding tert-OH is 1. The fourth-order valence-corrected chi connectivity index (χ4v) is 1.87. The van der Waals surface area contributed by atoms with Crippen LogP contribution in [0.2, 0.25) is 0 Å². The summed E-state index contributed by atoms with van der Waals surface area (Å²) in [5.41, 5.74) is 0.893. The molecule has 0 spiro atoms. The normalized spacial score (nSPS) is 11.5. The van der Waals surface area contributed by atoms with Crippen molar-refractivity contribution in [3.05, 3.63) is 29.6 Å². The van der Waals surface area contributed by atoms with Gasteiger partial charge in [0, 0.05) is 19.7 Å². The lowest BCUT2D eigenvalue weighted by Crippen LogP contribution is -2.29. The second-order valence-corrected chi connectivity index (χ2v) is 5.41. The molecule has 0 aliphatic carbocycles. The molecule has 0 fully saturated rings. The van der Waals surface area contributed by atoms with E-state index in [1.807, 2.05) is 0 Å². The number of carboxylic acid groups (broad SMARTS) is 1. The minimum absolute atomic E-state index is 0.0684. The maximum Gasteiger partial charge on any atom is 0.354 e. The number of nitrogens with one attached hydrogen (secondary N) is 1. The molecule has 0 saturated heterocycles. The summed E-state index contributed by atoms with van der Waals surface area (Å²) in [4.78, 5) is 14.8. The largest absolute Gasteiger partial charge is 0.477 e. The van der Waals surface area contributed by atoms with E-state index >= 15 is 0 Å². The molecule has 19 heavy (non-hydrogen) atoms. The number of carboxylic acids is 1. The van der Waals surface area contributed by atoms with Gasteiger partial charge >= 0.3 is 5.97 Å². The maximum atomic E-state index is 10.8. The molecule has 0 radical (unpaired) electrons. The predicted molar refractivity (Wildman–Crippen MR) is 73.0 cm³/mol. The van der Waals surface area contributed by atoms with Crippen LogP contribution in [0, 0.1) is 5.41 Å². The number of aromatic nitrogens is 1. The summed E-state index contributed by atoms with van der Waals surface area (Å²) >= 11 is 0. The highest BCUT2D eigenvalue weighted by Crippen LogP contribution is 2.20. The summed E-state index contributed by atoms with van der Waals surface area (Å²) < 4.78 is 0. The number of rotatable bonds is 8. The molecule has 0 aromatic carbocycles. The van der Waals surface area contributed by atoms with Crippen LogP contribution in [0.15, 0.2) is 18.2 Å². The monoisotopic (exact) mass is 266 g/mol. The van der Waals surface area contributed by atoms with Gasteiger partial charge in [-0.2, -0.15) is 0 Å². The molecule has 0 bridgehead atoms. The number of carbonyl (C=O) groups is 1. The van der Waals surface area contributed by atoms with E-state index in [4.69, 9.17) is 10.2 Å². The first-order chi connectivity index (χ1) is 8.94. The third kappa shape index (κ3) is 5.81. The Morgan fingerprint density at radius 1 is 1.42 bits per heavy atom. The average molecular weight is 266 g/mol. The molecule has 1 rings (SSSR count). The summed E-state index contributed by atoms with van der Waals surface area (Å²) in [6, 6.07) is 4.99. The summed E-state index contributed by atoms with van der Waals surface area (Å²) in [5, 5.41) is 21.0. The molecule has 0 unspecified atom stereocenters. The predicted octanol–water partition coefficient (Wildman–Crippen LogP) is 1.67. The highest BCUT2D eigenvalue weighted by Gasteiger charge is 2.16. The van der Waals surface area contributed by atoms with E-state index in [-0.39, 0.29) is 17.7 Å². The van der Waals surface area contributed by atoms with Crippen molar-refractivity contribution < 1.29 is 15.0 Å². The first-order valence-corrected chi connectivity index (χ1v) is 6.45. The summed E-state index contributed by atoms with van der Waals surface area (Å²) in [6.07, 6.45) is 1.74. The fraction of sp³-hybridized carbons (Fsp3) is 0.571. The Hall–Kier alpha value is -1.46. The van der Waals surface area contributed by atoms with Crippen LogP contribution < -0.4 is 5.32 Å². The van der Waals surface area contributed by atoms with Crippen LogP contribution in [0.1, 0.15) is 42.9 Å². The Morgan fingerprint density at radius 3 is 2.79 bits per heavy atom. The second kappa shape index (κ2) is 7.21. The van der Waals surface area contributed by atoms with Crippen LogP contribution in [-0.2, 0) is 6.54 Å². The number of pyridine rings is 1. The van der Waals surface area contributed by atoms with Gasteiger partial charge in [0.05, 0.1) is 5.69 Å². The standard InChI is InChI=1S/C14H22N2O3/c1-14(2,7-4-8-17)10-15-9-11-5-3-6-12(16-11)13(18)19/h3,5-6,15,17H,4,7-10H2,1-2H3,(H,18,19). The Balaban J connectivity index is 2.44. The van der Waals surface area contributed by atoms with Crippen molar-refractivity contribution in [2.45, 2.75) is 33.2 Å². The summed E-state index contributed by atoms with van der Waals surface area (Å²) in [7, 11) is 0. The molecule has 3 N–H and O–H groups in total. The van der Waals surface area contributed by atoms with Crippen LogP contribution in [0.3, 0.4) is 0 Å². The Bertz CT molecular complexity index is 419. The minimum Gasteiger partial charge on any atom is -0.477 e. The van der Waals surface area contributed by atoms with Gasteiger partial charge in [-0.1, -0.05) is 19.9 Å². The molecule has 5 heteroatoms. The molecule has 0 amide bonds. The van der Waals surface area contributed by atoms with E-state index in [0.29, 0.717) is 6.54 Å². The first kappa shape index (κ1) is 15.6. The zero-order chi connectivity index (χ0) is 14.3. The molecule has 1 aromatic rings. The van der Waals surface area contributed by atoms with Gasteiger partial charge in [-0.05, 0) is 30.4 Å². The van der Waals surface area contributed by atoms with Gasteiger partial charge in [-0.3, -0.25) is 0 Å². The molecular formula is C14H22N2O3. The molecule has 0 aliphatic rings. The Morgan fingerprint density at radius 2 is 2.16 bits per heavy atom.